The van der Waals surface area contributed by atoms with E-state index in [9.17, 15) is 18.3 Å². The first-order valence-electron chi connectivity index (χ1n) is 13.8. The van der Waals surface area contributed by atoms with Crippen LogP contribution in [-0.4, -0.2) is 73.1 Å². The molecule has 42 heavy (non-hydrogen) atoms. The molecule has 0 radical (unpaired) electrons. The van der Waals surface area contributed by atoms with Crippen molar-refractivity contribution in [3.05, 3.63) is 115 Å². The Morgan fingerprint density at radius 3 is 1.93 bits per heavy atom. The highest BCUT2D eigenvalue weighted by molar-refractivity contribution is 7.89. The molecule has 5 rings (SSSR count). The van der Waals surface area contributed by atoms with Gasteiger partial charge in [-0.05, 0) is 41.5 Å². The summed E-state index contributed by atoms with van der Waals surface area (Å²) in [6.45, 7) is 4.24. The average Bonchev–Trinajstić information content (AvgIpc) is 3.02. The maximum absolute atomic E-state index is 12.9. The first-order chi connectivity index (χ1) is 20.4. The van der Waals surface area contributed by atoms with Crippen molar-refractivity contribution in [2.75, 3.05) is 42.5 Å². The summed E-state index contributed by atoms with van der Waals surface area (Å²) in [5.74, 6) is -0.486. The molecule has 0 amide bonds. The fourth-order valence-electron chi connectivity index (χ4n) is 5.00. The second kappa shape index (κ2) is 13.6. The summed E-state index contributed by atoms with van der Waals surface area (Å²) in [6, 6.07) is 26.3. The molecule has 0 spiro atoms. The van der Waals surface area contributed by atoms with Crippen molar-refractivity contribution in [3.8, 4) is 0 Å². The Bertz CT molecular complexity index is 1530. The highest BCUT2D eigenvalue weighted by atomic mass is 32.2. The molecule has 1 aromatic heterocycles. The van der Waals surface area contributed by atoms with E-state index in [0.29, 0.717) is 13.1 Å². The zero-order valence-electron chi connectivity index (χ0n) is 23.2. The zero-order valence-corrected chi connectivity index (χ0v) is 24.0. The van der Waals surface area contributed by atoms with Crippen molar-refractivity contribution < 1.29 is 18.3 Å². The van der Waals surface area contributed by atoms with Crippen LogP contribution >= 0.6 is 0 Å². The summed E-state index contributed by atoms with van der Waals surface area (Å²) in [6.07, 6.45) is 3.51. The number of hydrogen-bond donors (Lipinski definition) is 2. The molecule has 10 nitrogen and oxygen atoms in total. The van der Waals surface area contributed by atoms with Crippen molar-refractivity contribution in [2.45, 2.75) is 24.0 Å². The van der Waals surface area contributed by atoms with E-state index in [2.05, 4.69) is 36.6 Å². The number of hydrogen-bond acceptors (Lipinski definition) is 8. The van der Waals surface area contributed by atoms with Gasteiger partial charge in [0.25, 0.3) is 0 Å². The molecule has 0 aliphatic carbocycles. The van der Waals surface area contributed by atoms with Crippen molar-refractivity contribution >= 4 is 27.6 Å². The Morgan fingerprint density at radius 1 is 0.786 bits per heavy atom. The lowest BCUT2D eigenvalue weighted by atomic mass is 10.1. The van der Waals surface area contributed by atoms with E-state index in [1.54, 1.807) is 30.6 Å². The third-order valence-electron chi connectivity index (χ3n) is 7.16. The van der Waals surface area contributed by atoms with Crippen molar-refractivity contribution in [2.24, 2.45) is 0 Å². The molecule has 3 aromatic carbocycles. The van der Waals surface area contributed by atoms with E-state index in [1.165, 1.54) is 12.1 Å². The highest BCUT2D eigenvalue weighted by Gasteiger charge is 2.28. The number of nitrogens with zero attached hydrogens (tertiary/aromatic N) is 5. The smallest absolute Gasteiger partial charge is 0.323 e. The molecule has 0 bridgehead atoms. The van der Waals surface area contributed by atoms with Crippen LogP contribution in [-0.2, 0) is 27.9 Å². The van der Waals surface area contributed by atoms with E-state index in [4.69, 9.17) is 0 Å². The number of rotatable bonds is 12. The van der Waals surface area contributed by atoms with Crippen molar-refractivity contribution in [3.63, 3.8) is 0 Å². The van der Waals surface area contributed by atoms with Gasteiger partial charge >= 0.3 is 5.97 Å². The monoisotopic (exact) mass is 586 g/mol. The Labute approximate surface area is 246 Å². The highest BCUT2D eigenvalue weighted by Crippen LogP contribution is 2.21. The van der Waals surface area contributed by atoms with E-state index in [-0.39, 0.29) is 11.4 Å². The van der Waals surface area contributed by atoms with Crippen LogP contribution in [0.5, 0.6) is 0 Å². The van der Waals surface area contributed by atoms with Gasteiger partial charge in [0, 0.05) is 63.9 Å². The minimum atomic E-state index is -4.01. The summed E-state index contributed by atoms with van der Waals surface area (Å²) in [5, 5.41) is 9.97. The van der Waals surface area contributed by atoms with Crippen LogP contribution < -0.4 is 14.5 Å². The Balaban J connectivity index is 1.27. The lowest BCUT2D eigenvalue weighted by molar-refractivity contribution is -0.139. The molecule has 0 saturated carbocycles. The minimum Gasteiger partial charge on any atom is -0.480 e. The third kappa shape index (κ3) is 7.69. The van der Waals surface area contributed by atoms with Gasteiger partial charge in [0.05, 0.1) is 4.90 Å². The molecule has 0 unspecified atom stereocenters. The number of sulfonamides is 1. The number of aromatic nitrogens is 2. The summed E-state index contributed by atoms with van der Waals surface area (Å²) in [5.41, 5.74) is 3.12. The molecule has 218 valence electrons. The largest absolute Gasteiger partial charge is 0.480 e. The number of aliphatic carboxylic acids is 1. The second-order valence-corrected chi connectivity index (χ2v) is 11.9. The molecule has 4 aromatic rings. The van der Waals surface area contributed by atoms with Gasteiger partial charge in [-0.25, -0.2) is 18.4 Å². The standard InChI is InChI=1S/C31H34N6O4S/c38-30(39)29(34-42(40,41)28-10-5-2-6-11-28)24-35(22-25-8-3-1-4-9-25)23-26-12-14-27(15-13-26)36-18-20-37(21-19-36)31-32-16-7-17-33-31/h1-17,29,34H,18-24H2,(H,38,39)/t29-/m0/s1. The Hall–Kier alpha value is -4.32. The second-order valence-electron chi connectivity index (χ2n) is 10.2. The maximum Gasteiger partial charge on any atom is 0.323 e. The molecule has 11 heteroatoms. The lowest BCUT2D eigenvalue weighted by Gasteiger charge is -2.36. The molecule has 1 aliphatic rings. The van der Waals surface area contributed by atoms with Crippen LogP contribution in [0, 0.1) is 0 Å². The van der Waals surface area contributed by atoms with Crippen molar-refractivity contribution in [1.29, 1.82) is 0 Å². The number of piperazine rings is 1. The summed E-state index contributed by atoms with van der Waals surface area (Å²) < 4.78 is 28.2. The fourth-order valence-corrected chi connectivity index (χ4v) is 6.20. The van der Waals surface area contributed by atoms with Crippen LogP contribution in [0.4, 0.5) is 11.6 Å². The van der Waals surface area contributed by atoms with E-state index in [1.807, 2.05) is 53.4 Å². The predicted molar refractivity (Wildman–Crippen MR) is 162 cm³/mol. The van der Waals surface area contributed by atoms with Gasteiger partial charge in [0.1, 0.15) is 6.04 Å². The quantitative estimate of drug-likeness (QED) is 0.258. The summed E-state index contributed by atoms with van der Waals surface area (Å²) in [7, 11) is -4.01. The first kappa shape index (κ1) is 29.2. The number of carboxylic acid groups (broad SMARTS) is 1. The number of nitrogens with one attached hydrogen (secondary N) is 1. The summed E-state index contributed by atoms with van der Waals surface area (Å²) >= 11 is 0. The molecule has 1 aliphatic heterocycles. The molecule has 1 saturated heterocycles. The minimum absolute atomic E-state index is 0.0123. The van der Waals surface area contributed by atoms with Gasteiger partial charge in [0.15, 0.2) is 0 Å². The maximum atomic E-state index is 12.9. The predicted octanol–water partition coefficient (Wildman–Crippen LogP) is 3.24. The number of anilines is 2. The van der Waals surface area contributed by atoms with Gasteiger partial charge in [-0.15, -0.1) is 0 Å². The first-order valence-corrected chi connectivity index (χ1v) is 15.3. The van der Waals surface area contributed by atoms with E-state index >= 15 is 0 Å². The van der Waals surface area contributed by atoms with Crippen LogP contribution in [0.1, 0.15) is 11.1 Å². The fraction of sp³-hybridized carbons (Fsp3) is 0.258. The topological polar surface area (TPSA) is 119 Å². The lowest BCUT2D eigenvalue weighted by Crippen LogP contribution is -2.48. The van der Waals surface area contributed by atoms with Gasteiger partial charge < -0.3 is 14.9 Å². The Kier molecular flexibility index (Phi) is 9.42. The SMILES string of the molecule is O=C(O)[C@H](CN(Cc1ccccc1)Cc1ccc(N2CCN(c3ncccn3)CC2)cc1)NS(=O)(=O)c1ccccc1. The van der Waals surface area contributed by atoms with Crippen LogP contribution in [0.25, 0.3) is 0 Å². The Morgan fingerprint density at radius 2 is 1.33 bits per heavy atom. The molecule has 1 atom stereocenters. The number of benzene rings is 3. The number of carbonyl (C=O) groups is 1. The van der Waals surface area contributed by atoms with E-state index < -0.39 is 22.0 Å². The average molecular weight is 587 g/mol. The van der Waals surface area contributed by atoms with E-state index in [0.717, 1.165) is 48.9 Å². The van der Waals surface area contributed by atoms with Gasteiger partial charge in [-0.1, -0.05) is 60.7 Å². The molecular formula is C31H34N6O4S. The molecule has 2 N–H and O–H groups in total. The van der Waals surface area contributed by atoms with Crippen LogP contribution in [0.15, 0.2) is 108 Å². The normalized spacial score (nSPS) is 14.6. The summed E-state index contributed by atoms with van der Waals surface area (Å²) in [4.78, 5) is 27.4. The molecule has 2 heterocycles. The molecule has 1 fully saturated rings. The van der Waals surface area contributed by atoms with Crippen molar-refractivity contribution in [1.82, 2.24) is 19.6 Å². The van der Waals surface area contributed by atoms with Gasteiger partial charge in [0.2, 0.25) is 16.0 Å². The van der Waals surface area contributed by atoms with Gasteiger partial charge in [-0.2, -0.15) is 4.72 Å². The number of carboxylic acids is 1. The third-order valence-corrected chi connectivity index (χ3v) is 8.65. The zero-order chi connectivity index (χ0) is 29.4. The molecular weight excluding hydrogens is 552 g/mol. The van der Waals surface area contributed by atoms with Crippen LogP contribution in [0.3, 0.4) is 0 Å². The van der Waals surface area contributed by atoms with Gasteiger partial charge in [-0.3, -0.25) is 9.69 Å². The van der Waals surface area contributed by atoms with Crippen LogP contribution in [0.2, 0.25) is 0 Å².